The van der Waals surface area contributed by atoms with E-state index in [0.717, 1.165) is 24.8 Å². The van der Waals surface area contributed by atoms with Crippen LogP contribution in [0.15, 0.2) is 11.6 Å². The van der Waals surface area contributed by atoms with Gasteiger partial charge in [0.25, 0.3) is 0 Å². The maximum Gasteiger partial charge on any atom is 0.306 e. The van der Waals surface area contributed by atoms with Gasteiger partial charge in [-0.3, -0.25) is 19.2 Å². The molecular formula is C29H40O7. The van der Waals surface area contributed by atoms with Crippen LogP contribution < -0.4 is 0 Å². The zero-order valence-corrected chi connectivity index (χ0v) is 21.6. The van der Waals surface area contributed by atoms with Crippen LogP contribution >= 0.6 is 0 Å². The van der Waals surface area contributed by atoms with Crippen molar-refractivity contribution in [2.24, 2.45) is 34.5 Å². The Morgan fingerprint density at radius 3 is 2.53 bits per heavy atom. The van der Waals surface area contributed by atoms with Gasteiger partial charge >= 0.3 is 5.97 Å². The average molecular weight is 501 g/mol. The Kier molecular flexibility index (Phi) is 6.56. The molecule has 36 heavy (non-hydrogen) atoms. The van der Waals surface area contributed by atoms with E-state index >= 15 is 0 Å². The second kappa shape index (κ2) is 9.16. The largest absolute Gasteiger partial charge is 0.461 e. The molecule has 7 heteroatoms. The lowest BCUT2D eigenvalue weighted by Gasteiger charge is -2.59. The molecule has 0 spiro atoms. The number of carbonyl (C=O) groups excluding carboxylic acids is 4. The summed E-state index contributed by atoms with van der Waals surface area (Å²) in [5.74, 6) is -1.01. The first-order valence-electron chi connectivity index (χ1n) is 13.9. The number of aliphatic hydroxyl groups is 2. The van der Waals surface area contributed by atoms with Gasteiger partial charge in [0, 0.05) is 36.0 Å². The molecule has 0 aromatic carbocycles. The summed E-state index contributed by atoms with van der Waals surface area (Å²) in [5.41, 5.74) is -2.51. The third-order valence-corrected chi connectivity index (χ3v) is 11.0. The third kappa shape index (κ3) is 3.75. The molecule has 0 radical (unpaired) electrons. The molecule has 4 fully saturated rings. The Labute approximate surface area is 213 Å². The van der Waals surface area contributed by atoms with E-state index < -0.39 is 40.8 Å². The first kappa shape index (κ1) is 25.8. The van der Waals surface area contributed by atoms with Crippen molar-refractivity contribution in [1.29, 1.82) is 0 Å². The number of Topliss-reactive ketones (excluding diaryl/α,β-unsaturated/α-hetero) is 2. The minimum absolute atomic E-state index is 0.0419. The van der Waals surface area contributed by atoms with Gasteiger partial charge in [0.15, 0.2) is 11.6 Å². The first-order chi connectivity index (χ1) is 17.0. The summed E-state index contributed by atoms with van der Waals surface area (Å²) in [6.07, 6.45) is 9.17. The summed E-state index contributed by atoms with van der Waals surface area (Å²) < 4.78 is 6.04. The number of ketones is 3. The molecule has 7 nitrogen and oxygen atoms in total. The molecule has 0 aromatic heterocycles. The Bertz CT molecular complexity index is 994. The fourth-order valence-corrected chi connectivity index (χ4v) is 8.99. The predicted octanol–water partition coefficient (Wildman–Crippen LogP) is 3.48. The highest BCUT2D eigenvalue weighted by molar-refractivity contribution is 5.95. The van der Waals surface area contributed by atoms with Crippen LogP contribution in [-0.4, -0.2) is 51.8 Å². The van der Waals surface area contributed by atoms with Crippen molar-refractivity contribution >= 4 is 23.3 Å². The van der Waals surface area contributed by atoms with Gasteiger partial charge in [-0.15, -0.1) is 0 Å². The lowest BCUT2D eigenvalue weighted by Crippen LogP contribution is -2.63. The molecule has 4 saturated carbocycles. The molecule has 0 bridgehead atoms. The van der Waals surface area contributed by atoms with E-state index in [4.69, 9.17) is 4.74 Å². The molecule has 7 atom stereocenters. The van der Waals surface area contributed by atoms with Crippen LogP contribution in [0.4, 0.5) is 0 Å². The molecule has 1 unspecified atom stereocenters. The molecule has 0 saturated heterocycles. The molecule has 198 valence electrons. The number of hydrogen-bond acceptors (Lipinski definition) is 7. The Balaban J connectivity index is 1.42. The van der Waals surface area contributed by atoms with Gasteiger partial charge in [-0.25, -0.2) is 0 Å². The number of rotatable bonds is 6. The second-order valence-corrected chi connectivity index (χ2v) is 12.6. The number of aliphatic hydroxyl groups excluding tert-OH is 1. The van der Waals surface area contributed by atoms with Gasteiger partial charge in [-0.1, -0.05) is 45.1 Å². The fourth-order valence-electron chi connectivity index (χ4n) is 8.99. The van der Waals surface area contributed by atoms with E-state index in [0.29, 0.717) is 31.6 Å². The minimum Gasteiger partial charge on any atom is -0.461 e. The van der Waals surface area contributed by atoms with Gasteiger partial charge in [0.05, 0.1) is 0 Å². The van der Waals surface area contributed by atoms with E-state index in [2.05, 4.69) is 0 Å². The van der Waals surface area contributed by atoms with Crippen molar-refractivity contribution in [1.82, 2.24) is 0 Å². The first-order valence-corrected chi connectivity index (χ1v) is 13.9. The monoisotopic (exact) mass is 500 g/mol. The van der Waals surface area contributed by atoms with Crippen LogP contribution in [0.1, 0.15) is 90.9 Å². The van der Waals surface area contributed by atoms with Crippen LogP contribution in [0.2, 0.25) is 0 Å². The van der Waals surface area contributed by atoms with E-state index in [1.807, 2.05) is 13.8 Å². The number of esters is 1. The van der Waals surface area contributed by atoms with Crippen molar-refractivity contribution in [2.45, 2.75) is 103 Å². The molecular weight excluding hydrogens is 460 g/mol. The standard InChI is InChI=1S/C29H40O7/c1-27-15-22(32)26-20(21(27)11-12-29(27,35)23(33)16-30)9-8-18-13-19(31)14-24(28(18,26)2)36-25(34)10-7-17-5-3-4-6-17/h13,17,20-21,24,26,30,35H,3-12,14-16H2,1-2H3/t20-,21-,24?,26+,27-,28+,29-/m0/s1. The van der Waals surface area contributed by atoms with E-state index in [9.17, 15) is 29.4 Å². The number of fused-ring (bicyclic) bond motifs is 5. The lowest BCUT2D eigenvalue weighted by molar-refractivity contribution is -0.181. The zero-order chi connectivity index (χ0) is 25.9. The summed E-state index contributed by atoms with van der Waals surface area (Å²) in [5, 5.41) is 20.9. The SMILES string of the molecule is C[C@]12CC(=O)[C@H]3[C@@H](CCC4=CC(=O)CC(OC(=O)CCC5CCCC5)[C@@]43C)[C@@H]1CC[C@]2(O)C(=O)CO. The van der Waals surface area contributed by atoms with Crippen molar-refractivity contribution in [3.63, 3.8) is 0 Å². The summed E-state index contributed by atoms with van der Waals surface area (Å²) in [6, 6.07) is 0. The zero-order valence-electron chi connectivity index (χ0n) is 21.6. The topological polar surface area (TPSA) is 118 Å². The maximum atomic E-state index is 13.9. The van der Waals surface area contributed by atoms with Gasteiger partial charge in [0.2, 0.25) is 0 Å². The highest BCUT2D eigenvalue weighted by atomic mass is 16.5. The molecule has 0 amide bonds. The summed E-state index contributed by atoms with van der Waals surface area (Å²) in [4.78, 5) is 52.1. The Hall–Kier alpha value is -1.86. The lowest BCUT2D eigenvalue weighted by atomic mass is 9.45. The van der Waals surface area contributed by atoms with E-state index in [-0.39, 0.29) is 48.6 Å². The maximum absolute atomic E-state index is 13.9. The van der Waals surface area contributed by atoms with Crippen molar-refractivity contribution in [3.05, 3.63) is 11.6 Å². The van der Waals surface area contributed by atoms with Crippen LogP contribution in [0, 0.1) is 34.5 Å². The average Bonchev–Trinajstić information content (AvgIpc) is 3.44. The molecule has 0 aromatic rings. The van der Waals surface area contributed by atoms with E-state index in [1.54, 1.807) is 6.08 Å². The quantitative estimate of drug-likeness (QED) is 0.536. The third-order valence-electron chi connectivity index (χ3n) is 11.0. The minimum atomic E-state index is -1.71. The molecule has 2 N–H and O–H groups in total. The van der Waals surface area contributed by atoms with Crippen LogP contribution in [0.5, 0.6) is 0 Å². The smallest absolute Gasteiger partial charge is 0.306 e. The second-order valence-electron chi connectivity index (χ2n) is 12.6. The van der Waals surface area contributed by atoms with E-state index in [1.165, 1.54) is 12.8 Å². The van der Waals surface area contributed by atoms with Crippen LogP contribution in [0.3, 0.4) is 0 Å². The number of carbonyl (C=O) groups is 4. The number of hydrogen-bond donors (Lipinski definition) is 2. The highest BCUT2D eigenvalue weighted by Gasteiger charge is 2.69. The van der Waals surface area contributed by atoms with Crippen molar-refractivity contribution in [3.8, 4) is 0 Å². The van der Waals surface area contributed by atoms with Crippen molar-refractivity contribution in [2.75, 3.05) is 6.61 Å². The van der Waals surface area contributed by atoms with Gasteiger partial charge in [0.1, 0.15) is 24.1 Å². The summed E-state index contributed by atoms with van der Waals surface area (Å²) >= 11 is 0. The van der Waals surface area contributed by atoms with Crippen LogP contribution in [-0.2, 0) is 23.9 Å². The van der Waals surface area contributed by atoms with Gasteiger partial charge in [-0.2, -0.15) is 0 Å². The highest BCUT2D eigenvalue weighted by Crippen LogP contribution is 2.66. The Morgan fingerprint density at radius 2 is 1.83 bits per heavy atom. The molecule has 5 aliphatic rings. The number of ether oxygens (including phenoxy) is 1. The normalized spacial score (nSPS) is 42.4. The van der Waals surface area contributed by atoms with Gasteiger partial charge < -0.3 is 14.9 Å². The molecule has 5 rings (SSSR count). The molecule has 0 heterocycles. The summed E-state index contributed by atoms with van der Waals surface area (Å²) in [7, 11) is 0. The van der Waals surface area contributed by atoms with Crippen molar-refractivity contribution < 1.29 is 34.1 Å². The van der Waals surface area contributed by atoms with Crippen LogP contribution in [0.25, 0.3) is 0 Å². The predicted molar refractivity (Wildman–Crippen MR) is 131 cm³/mol. The summed E-state index contributed by atoms with van der Waals surface area (Å²) in [6.45, 7) is 3.06. The molecule has 0 aliphatic heterocycles. The van der Waals surface area contributed by atoms with Gasteiger partial charge in [-0.05, 0) is 55.9 Å². The Morgan fingerprint density at radius 1 is 1.11 bits per heavy atom. The fraction of sp³-hybridized carbons (Fsp3) is 0.793. The molecule has 5 aliphatic carbocycles.